The van der Waals surface area contributed by atoms with Gasteiger partial charge in [-0.1, -0.05) is 31.2 Å². The van der Waals surface area contributed by atoms with E-state index >= 15 is 0 Å². The van der Waals surface area contributed by atoms with Gasteiger partial charge in [-0.3, -0.25) is 9.59 Å². The Kier molecular flexibility index (Phi) is 9.34. The van der Waals surface area contributed by atoms with Crippen LogP contribution in [0.3, 0.4) is 0 Å². The summed E-state index contributed by atoms with van der Waals surface area (Å²) in [6, 6.07) is 23.0. The molecule has 3 heterocycles. The van der Waals surface area contributed by atoms with Gasteiger partial charge in [0.1, 0.15) is 5.82 Å². The number of aryl methyl sites for hydroxylation is 1. The first kappa shape index (κ1) is 29.6. The standard InChI is InChI=1S/C35H41N7O2/c1-2-33-37-19-24-41(33)30-10-4-3-9-29(30)34(43)38-28-15-13-27(14-16-28)35(44)42-22-8-21-40(31-11-5-6-12-32(31)42)26-25-39-20-7-17-36-18-23-39/h3-6,9-16,19,24,36H,2,7-8,17-18,20-23,25-26H2,1H3,(H,38,43). The third kappa shape index (κ3) is 6.54. The highest BCUT2D eigenvalue weighted by Gasteiger charge is 2.26. The van der Waals surface area contributed by atoms with Crippen molar-refractivity contribution in [1.82, 2.24) is 19.8 Å². The van der Waals surface area contributed by atoms with Crippen molar-refractivity contribution in [2.75, 3.05) is 67.5 Å². The molecule has 1 aromatic heterocycles. The van der Waals surface area contributed by atoms with E-state index in [2.05, 4.69) is 43.6 Å². The zero-order valence-corrected chi connectivity index (χ0v) is 25.4. The normalized spacial score (nSPS) is 15.8. The molecule has 2 amide bonds. The summed E-state index contributed by atoms with van der Waals surface area (Å²) in [7, 11) is 0. The van der Waals surface area contributed by atoms with E-state index in [0.717, 1.165) is 81.5 Å². The first-order valence-electron chi connectivity index (χ1n) is 15.7. The van der Waals surface area contributed by atoms with Crippen LogP contribution in [0.15, 0.2) is 85.2 Å². The van der Waals surface area contributed by atoms with Crippen LogP contribution in [0.4, 0.5) is 17.1 Å². The van der Waals surface area contributed by atoms with E-state index in [-0.39, 0.29) is 11.8 Å². The molecule has 2 aliphatic heterocycles. The number of hydrogen-bond acceptors (Lipinski definition) is 6. The highest BCUT2D eigenvalue weighted by molar-refractivity contribution is 6.09. The Morgan fingerprint density at radius 1 is 0.818 bits per heavy atom. The molecule has 0 atom stereocenters. The predicted octanol–water partition coefficient (Wildman–Crippen LogP) is 4.84. The van der Waals surface area contributed by atoms with Gasteiger partial charge in [-0.05, 0) is 74.5 Å². The summed E-state index contributed by atoms with van der Waals surface area (Å²) in [5, 5.41) is 6.49. The molecule has 0 spiro atoms. The van der Waals surface area contributed by atoms with Crippen LogP contribution in [0.5, 0.6) is 0 Å². The molecular weight excluding hydrogens is 550 g/mol. The molecule has 0 aliphatic carbocycles. The molecule has 9 nitrogen and oxygen atoms in total. The largest absolute Gasteiger partial charge is 0.368 e. The van der Waals surface area contributed by atoms with Crippen LogP contribution >= 0.6 is 0 Å². The van der Waals surface area contributed by atoms with Crippen molar-refractivity contribution in [1.29, 1.82) is 0 Å². The molecule has 2 N–H and O–H groups in total. The van der Waals surface area contributed by atoms with E-state index in [1.807, 2.05) is 52.9 Å². The van der Waals surface area contributed by atoms with Crippen LogP contribution < -0.4 is 20.4 Å². The number of rotatable bonds is 8. The number of nitrogens with one attached hydrogen (secondary N) is 2. The van der Waals surface area contributed by atoms with Crippen LogP contribution in [0, 0.1) is 0 Å². The number of para-hydroxylation sites is 3. The number of amides is 2. The number of carbonyl (C=O) groups excluding carboxylic acids is 2. The number of anilines is 3. The predicted molar refractivity (Wildman–Crippen MR) is 176 cm³/mol. The van der Waals surface area contributed by atoms with Gasteiger partial charge in [-0.2, -0.15) is 0 Å². The minimum Gasteiger partial charge on any atom is -0.368 e. The lowest BCUT2D eigenvalue weighted by atomic mass is 10.1. The molecule has 0 radical (unpaired) electrons. The second-order valence-electron chi connectivity index (χ2n) is 11.3. The summed E-state index contributed by atoms with van der Waals surface area (Å²) in [6.07, 6.45) is 6.46. The van der Waals surface area contributed by atoms with E-state index in [1.165, 1.54) is 6.42 Å². The molecule has 9 heteroatoms. The van der Waals surface area contributed by atoms with Gasteiger partial charge >= 0.3 is 0 Å². The topological polar surface area (TPSA) is 85.7 Å². The molecule has 6 rings (SSSR count). The fourth-order valence-corrected chi connectivity index (χ4v) is 6.19. The summed E-state index contributed by atoms with van der Waals surface area (Å²) in [5.74, 6) is 0.642. The Labute approximate surface area is 259 Å². The summed E-state index contributed by atoms with van der Waals surface area (Å²) in [5.41, 5.74) is 4.62. The number of imidazole rings is 1. The van der Waals surface area contributed by atoms with Crippen molar-refractivity contribution in [3.8, 4) is 5.69 Å². The lowest BCUT2D eigenvalue weighted by molar-refractivity contribution is 0.0986. The van der Waals surface area contributed by atoms with Gasteiger partial charge in [0.05, 0.1) is 22.6 Å². The van der Waals surface area contributed by atoms with Gasteiger partial charge in [0.2, 0.25) is 0 Å². The summed E-state index contributed by atoms with van der Waals surface area (Å²) in [6.45, 7) is 9.91. The number of benzene rings is 3. The molecule has 44 heavy (non-hydrogen) atoms. The van der Waals surface area contributed by atoms with Crippen molar-refractivity contribution < 1.29 is 9.59 Å². The van der Waals surface area contributed by atoms with Crippen LogP contribution in [-0.4, -0.2) is 78.6 Å². The maximum atomic E-state index is 13.9. The Morgan fingerprint density at radius 3 is 2.41 bits per heavy atom. The Morgan fingerprint density at radius 2 is 1.59 bits per heavy atom. The zero-order chi connectivity index (χ0) is 30.3. The summed E-state index contributed by atoms with van der Waals surface area (Å²) >= 11 is 0. The first-order valence-corrected chi connectivity index (χ1v) is 15.7. The average Bonchev–Trinajstić information content (AvgIpc) is 3.27. The van der Waals surface area contributed by atoms with Crippen molar-refractivity contribution in [2.45, 2.75) is 26.2 Å². The quantitative estimate of drug-likeness (QED) is 0.305. The molecule has 228 valence electrons. The first-order chi connectivity index (χ1) is 21.6. The van der Waals surface area contributed by atoms with E-state index in [9.17, 15) is 9.59 Å². The monoisotopic (exact) mass is 591 g/mol. The zero-order valence-electron chi connectivity index (χ0n) is 25.4. The van der Waals surface area contributed by atoms with Crippen molar-refractivity contribution >= 4 is 28.9 Å². The molecule has 0 unspecified atom stereocenters. The molecule has 2 aliphatic rings. The Bertz CT molecular complexity index is 1570. The maximum Gasteiger partial charge on any atom is 0.258 e. The number of carbonyl (C=O) groups is 2. The van der Waals surface area contributed by atoms with Crippen LogP contribution in [0.25, 0.3) is 5.69 Å². The molecule has 0 saturated carbocycles. The fourth-order valence-electron chi connectivity index (χ4n) is 6.19. The van der Waals surface area contributed by atoms with Crippen molar-refractivity contribution in [3.63, 3.8) is 0 Å². The van der Waals surface area contributed by atoms with E-state index < -0.39 is 0 Å². The minimum absolute atomic E-state index is 0.0340. The minimum atomic E-state index is -0.214. The van der Waals surface area contributed by atoms with E-state index in [1.54, 1.807) is 30.5 Å². The second-order valence-corrected chi connectivity index (χ2v) is 11.3. The fraction of sp³-hybridized carbons (Fsp3) is 0.343. The van der Waals surface area contributed by atoms with Crippen LogP contribution in [0.2, 0.25) is 0 Å². The number of hydrogen-bond donors (Lipinski definition) is 2. The smallest absolute Gasteiger partial charge is 0.258 e. The van der Waals surface area contributed by atoms with Gasteiger partial charge in [0.25, 0.3) is 11.8 Å². The lowest BCUT2D eigenvalue weighted by Crippen LogP contribution is -2.37. The van der Waals surface area contributed by atoms with Gasteiger partial charge < -0.3 is 29.9 Å². The van der Waals surface area contributed by atoms with Crippen molar-refractivity contribution in [2.24, 2.45) is 0 Å². The number of nitrogens with zero attached hydrogens (tertiary/aromatic N) is 5. The average molecular weight is 592 g/mol. The Balaban J connectivity index is 1.15. The molecule has 1 saturated heterocycles. The molecular formula is C35H41N7O2. The Hall–Kier alpha value is -4.47. The summed E-state index contributed by atoms with van der Waals surface area (Å²) in [4.78, 5) is 38.5. The summed E-state index contributed by atoms with van der Waals surface area (Å²) < 4.78 is 1.95. The maximum absolute atomic E-state index is 13.9. The van der Waals surface area contributed by atoms with Gasteiger partial charge in [0.15, 0.2) is 0 Å². The highest BCUT2D eigenvalue weighted by atomic mass is 16.2. The molecule has 0 bridgehead atoms. The van der Waals surface area contributed by atoms with Crippen LogP contribution in [-0.2, 0) is 6.42 Å². The lowest BCUT2D eigenvalue weighted by Gasteiger charge is -2.29. The third-order valence-corrected chi connectivity index (χ3v) is 8.52. The third-order valence-electron chi connectivity index (χ3n) is 8.52. The number of aromatic nitrogens is 2. The van der Waals surface area contributed by atoms with E-state index in [4.69, 9.17) is 0 Å². The number of fused-ring (bicyclic) bond motifs is 1. The molecule has 3 aromatic carbocycles. The van der Waals surface area contributed by atoms with Crippen molar-refractivity contribution in [3.05, 3.63) is 102 Å². The molecule has 4 aromatic rings. The van der Waals surface area contributed by atoms with Gasteiger partial charge in [0, 0.05) is 69.3 Å². The highest BCUT2D eigenvalue weighted by Crippen LogP contribution is 2.33. The SMILES string of the molecule is CCc1nccn1-c1ccccc1C(=O)Nc1ccc(C(=O)N2CCCN(CCN3CCCNCC3)c3ccccc32)cc1. The van der Waals surface area contributed by atoms with Crippen LogP contribution in [0.1, 0.15) is 46.3 Å². The molecule has 1 fully saturated rings. The van der Waals surface area contributed by atoms with Gasteiger partial charge in [-0.25, -0.2) is 4.98 Å². The van der Waals surface area contributed by atoms with E-state index in [0.29, 0.717) is 23.4 Å². The van der Waals surface area contributed by atoms with Gasteiger partial charge in [-0.15, -0.1) is 0 Å². The second kappa shape index (κ2) is 13.9.